The molecule has 1 aromatic heterocycles. The minimum absolute atomic E-state index is 0.0633. The van der Waals surface area contributed by atoms with Gasteiger partial charge in [-0.15, -0.1) is 0 Å². The summed E-state index contributed by atoms with van der Waals surface area (Å²) < 4.78 is 5.55. The van der Waals surface area contributed by atoms with Crippen molar-refractivity contribution in [3.05, 3.63) is 23.7 Å². The third kappa shape index (κ3) is 3.13. The number of amides is 1. The fourth-order valence-electron chi connectivity index (χ4n) is 2.16. The van der Waals surface area contributed by atoms with E-state index >= 15 is 0 Å². The highest BCUT2D eigenvalue weighted by Gasteiger charge is 2.34. The molecule has 1 amide bonds. The Labute approximate surface area is 108 Å². The number of carbonyl (C=O) groups is 1. The fourth-order valence-corrected chi connectivity index (χ4v) is 2.16. The summed E-state index contributed by atoms with van der Waals surface area (Å²) in [5.74, 6) is 1.79. The van der Waals surface area contributed by atoms with Crippen LogP contribution in [0.3, 0.4) is 0 Å². The number of nitrogens with zero attached hydrogens (tertiary/aromatic N) is 1. The van der Waals surface area contributed by atoms with Gasteiger partial charge in [0.1, 0.15) is 11.5 Å². The molecule has 0 radical (unpaired) electrons. The molecular weight excluding hydrogens is 228 g/mol. The summed E-state index contributed by atoms with van der Waals surface area (Å²) in [5, 5.41) is 0. The van der Waals surface area contributed by atoms with E-state index < -0.39 is 0 Å². The van der Waals surface area contributed by atoms with E-state index in [2.05, 4.69) is 0 Å². The minimum atomic E-state index is -0.369. The van der Waals surface area contributed by atoms with E-state index in [-0.39, 0.29) is 11.9 Å². The number of furan rings is 1. The minimum Gasteiger partial charge on any atom is -0.464 e. The summed E-state index contributed by atoms with van der Waals surface area (Å²) in [6, 6.07) is 3.86. The van der Waals surface area contributed by atoms with Gasteiger partial charge in [0.05, 0.1) is 12.6 Å². The van der Waals surface area contributed by atoms with Gasteiger partial charge in [-0.25, -0.2) is 0 Å². The van der Waals surface area contributed by atoms with Crippen LogP contribution in [0.2, 0.25) is 0 Å². The maximum absolute atomic E-state index is 12.3. The summed E-state index contributed by atoms with van der Waals surface area (Å²) in [7, 11) is 0. The second-order valence-corrected chi connectivity index (χ2v) is 5.10. The molecule has 1 aromatic rings. The van der Waals surface area contributed by atoms with Gasteiger partial charge in [0.25, 0.3) is 0 Å². The average Bonchev–Trinajstić information content (AvgIpc) is 3.09. The molecule has 0 spiro atoms. The van der Waals surface area contributed by atoms with Crippen LogP contribution in [0.1, 0.15) is 44.1 Å². The largest absolute Gasteiger partial charge is 0.464 e. The molecule has 100 valence electrons. The van der Waals surface area contributed by atoms with Crippen molar-refractivity contribution in [3.8, 4) is 0 Å². The summed E-state index contributed by atoms with van der Waals surface area (Å²) in [6.45, 7) is 4.51. The Morgan fingerprint density at radius 2 is 2.28 bits per heavy atom. The molecule has 1 aliphatic rings. The standard InChI is InChI=1S/C14H22N2O2/c1-3-4-13(15)14(17)16(11-6-7-11)9-12-8-5-10(2)18-12/h5,8,11,13H,3-4,6-7,9,15H2,1-2H3. The van der Waals surface area contributed by atoms with Gasteiger partial charge in [0.2, 0.25) is 5.91 Å². The topological polar surface area (TPSA) is 59.5 Å². The van der Waals surface area contributed by atoms with Crippen LogP contribution < -0.4 is 5.73 Å². The molecule has 4 nitrogen and oxygen atoms in total. The van der Waals surface area contributed by atoms with Crippen molar-refractivity contribution < 1.29 is 9.21 Å². The smallest absolute Gasteiger partial charge is 0.240 e. The van der Waals surface area contributed by atoms with E-state index in [1.807, 2.05) is 30.9 Å². The third-order valence-corrected chi connectivity index (χ3v) is 3.31. The van der Waals surface area contributed by atoms with Crippen LogP contribution in [0.15, 0.2) is 16.5 Å². The Morgan fingerprint density at radius 3 is 2.78 bits per heavy atom. The van der Waals surface area contributed by atoms with E-state index in [0.717, 1.165) is 37.2 Å². The van der Waals surface area contributed by atoms with Gasteiger partial charge in [-0.05, 0) is 38.3 Å². The molecule has 1 saturated carbocycles. The maximum Gasteiger partial charge on any atom is 0.240 e. The molecule has 0 aromatic carbocycles. The number of nitrogens with two attached hydrogens (primary N) is 1. The van der Waals surface area contributed by atoms with Crippen molar-refractivity contribution in [2.75, 3.05) is 0 Å². The Morgan fingerprint density at radius 1 is 1.56 bits per heavy atom. The molecule has 0 saturated heterocycles. The van der Waals surface area contributed by atoms with E-state index in [1.165, 1.54) is 0 Å². The van der Waals surface area contributed by atoms with E-state index in [0.29, 0.717) is 12.6 Å². The van der Waals surface area contributed by atoms with Crippen molar-refractivity contribution in [2.45, 2.75) is 58.2 Å². The van der Waals surface area contributed by atoms with Gasteiger partial charge >= 0.3 is 0 Å². The number of carbonyl (C=O) groups excluding carboxylic acids is 1. The summed E-state index contributed by atoms with van der Waals surface area (Å²) in [6.07, 6.45) is 3.86. The SMILES string of the molecule is CCCC(N)C(=O)N(Cc1ccc(C)o1)C1CC1. The number of hydrogen-bond donors (Lipinski definition) is 1. The first kappa shape index (κ1) is 13.1. The lowest BCUT2D eigenvalue weighted by molar-refractivity contribution is -0.134. The lowest BCUT2D eigenvalue weighted by Gasteiger charge is -2.24. The van der Waals surface area contributed by atoms with Gasteiger partial charge in [0, 0.05) is 6.04 Å². The summed E-state index contributed by atoms with van der Waals surface area (Å²) >= 11 is 0. The zero-order valence-electron chi connectivity index (χ0n) is 11.2. The lowest BCUT2D eigenvalue weighted by Crippen LogP contribution is -2.44. The molecule has 1 heterocycles. The first-order chi connectivity index (χ1) is 8.61. The summed E-state index contributed by atoms with van der Waals surface area (Å²) in [5.41, 5.74) is 5.93. The quantitative estimate of drug-likeness (QED) is 0.842. The number of rotatable bonds is 6. The molecule has 2 rings (SSSR count). The molecule has 4 heteroatoms. The van der Waals surface area contributed by atoms with Crippen molar-refractivity contribution in [1.29, 1.82) is 0 Å². The number of hydrogen-bond acceptors (Lipinski definition) is 3. The van der Waals surface area contributed by atoms with Crippen molar-refractivity contribution in [2.24, 2.45) is 5.73 Å². The lowest BCUT2D eigenvalue weighted by atomic mass is 10.1. The van der Waals surface area contributed by atoms with Gasteiger partial charge < -0.3 is 15.1 Å². The zero-order valence-corrected chi connectivity index (χ0v) is 11.2. The van der Waals surface area contributed by atoms with Crippen LogP contribution >= 0.6 is 0 Å². The third-order valence-electron chi connectivity index (χ3n) is 3.31. The first-order valence-electron chi connectivity index (χ1n) is 6.73. The average molecular weight is 250 g/mol. The van der Waals surface area contributed by atoms with E-state index in [1.54, 1.807) is 0 Å². The molecular formula is C14H22N2O2. The maximum atomic E-state index is 12.3. The van der Waals surface area contributed by atoms with Gasteiger partial charge in [-0.2, -0.15) is 0 Å². The highest BCUT2D eigenvalue weighted by atomic mass is 16.3. The second-order valence-electron chi connectivity index (χ2n) is 5.10. The van der Waals surface area contributed by atoms with E-state index in [4.69, 9.17) is 10.2 Å². The van der Waals surface area contributed by atoms with Crippen molar-refractivity contribution in [1.82, 2.24) is 4.90 Å². The van der Waals surface area contributed by atoms with Crippen LogP contribution in [0.4, 0.5) is 0 Å². The molecule has 1 atom stereocenters. The van der Waals surface area contributed by atoms with Gasteiger partial charge in [-0.1, -0.05) is 13.3 Å². The van der Waals surface area contributed by atoms with E-state index in [9.17, 15) is 4.79 Å². The fraction of sp³-hybridized carbons (Fsp3) is 0.643. The Balaban J connectivity index is 2.01. The molecule has 18 heavy (non-hydrogen) atoms. The second kappa shape index (κ2) is 5.57. The predicted molar refractivity (Wildman–Crippen MR) is 69.9 cm³/mol. The van der Waals surface area contributed by atoms with Crippen LogP contribution in [0, 0.1) is 6.92 Å². The van der Waals surface area contributed by atoms with Crippen molar-refractivity contribution >= 4 is 5.91 Å². The van der Waals surface area contributed by atoms with Gasteiger partial charge in [-0.3, -0.25) is 4.79 Å². The molecule has 0 aliphatic heterocycles. The molecule has 1 aliphatic carbocycles. The Kier molecular flexibility index (Phi) is 4.07. The highest BCUT2D eigenvalue weighted by Crippen LogP contribution is 2.29. The summed E-state index contributed by atoms with van der Waals surface area (Å²) in [4.78, 5) is 14.2. The van der Waals surface area contributed by atoms with Gasteiger partial charge in [0.15, 0.2) is 0 Å². The Bertz CT molecular complexity index is 410. The van der Waals surface area contributed by atoms with Crippen LogP contribution in [0.5, 0.6) is 0 Å². The Hall–Kier alpha value is -1.29. The number of aryl methyl sites for hydroxylation is 1. The molecule has 1 fully saturated rings. The normalized spacial score (nSPS) is 16.6. The molecule has 2 N–H and O–H groups in total. The van der Waals surface area contributed by atoms with Crippen LogP contribution in [-0.2, 0) is 11.3 Å². The highest BCUT2D eigenvalue weighted by molar-refractivity contribution is 5.82. The first-order valence-corrected chi connectivity index (χ1v) is 6.73. The predicted octanol–water partition coefficient (Wildman–Crippen LogP) is 2.21. The molecule has 0 bridgehead atoms. The van der Waals surface area contributed by atoms with Crippen LogP contribution in [0.25, 0.3) is 0 Å². The monoisotopic (exact) mass is 250 g/mol. The van der Waals surface area contributed by atoms with Crippen LogP contribution in [-0.4, -0.2) is 22.9 Å². The zero-order chi connectivity index (χ0) is 13.1. The molecule has 1 unspecified atom stereocenters. The van der Waals surface area contributed by atoms with Crippen molar-refractivity contribution in [3.63, 3.8) is 0 Å².